The predicted molar refractivity (Wildman–Crippen MR) is 127 cm³/mol. The van der Waals surface area contributed by atoms with Crippen molar-refractivity contribution in [2.75, 3.05) is 26.7 Å². The van der Waals surface area contributed by atoms with Gasteiger partial charge in [-0.05, 0) is 74.8 Å². The summed E-state index contributed by atoms with van der Waals surface area (Å²) < 4.78 is 7.56. The zero-order chi connectivity index (χ0) is 21.7. The molecular weight excluding hydrogens is 398 g/mol. The smallest absolute Gasteiger partial charge is 0.224 e. The van der Waals surface area contributed by atoms with Crippen LogP contribution in [0.1, 0.15) is 44.9 Å². The first-order valence-electron chi connectivity index (χ1n) is 12.6. The highest BCUT2D eigenvalue weighted by Crippen LogP contribution is 2.45. The molecule has 5 heteroatoms. The Morgan fingerprint density at radius 2 is 2.09 bits per heavy atom. The molecule has 0 unspecified atom stereocenters. The molecule has 0 N–H and O–H groups in total. The number of methoxy groups -OCH3 is 1. The molecule has 0 saturated carbocycles. The van der Waals surface area contributed by atoms with Gasteiger partial charge in [-0.15, -0.1) is 0 Å². The highest BCUT2D eigenvalue weighted by atomic mass is 16.5. The van der Waals surface area contributed by atoms with Gasteiger partial charge in [0, 0.05) is 49.2 Å². The molecule has 0 radical (unpaired) electrons. The second-order valence-electron chi connectivity index (χ2n) is 10.3. The Morgan fingerprint density at radius 1 is 1.16 bits per heavy atom. The van der Waals surface area contributed by atoms with Crippen LogP contribution in [0.2, 0.25) is 0 Å². The van der Waals surface area contributed by atoms with Crippen molar-refractivity contribution in [1.29, 1.82) is 0 Å². The highest BCUT2D eigenvalue weighted by molar-refractivity contribution is 5.82. The number of hydrogen-bond donors (Lipinski definition) is 0. The van der Waals surface area contributed by atoms with E-state index in [1.54, 1.807) is 12.7 Å². The third kappa shape index (κ3) is 3.45. The molecule has 1 amide bonds. The standard InChI is InChI=1S/C27H35N3O2/c1-32-23-7-8-25-19(17-23)9-13-28(25)14-10-26(31)30-12-4-5-20-15-21-16-22(27(20)30)18-29-11-3-2-6-24(21)29/h7-9,13,15,17,21-22,24,27H,2-6,10-12,14,16,18H2,1H3/t21-,22+,24-,27+/m0/s1. The Bertz CT molecular complexity index is 1040. The van der Waals surface area contributed by atoms with Gasteiger partial charge in [-0.3, -0.25) is 9.69 Å². The number of hydrogen-bond acceptors (Lipinski definition) is 3. The van der Waals surface area contributed by atoms with Crippen LogP contribution in [0.3, 0.4) is 0 Å². The van der Waals surface area contributed by atoms with E-state index < -0.39 is 0 Å². The van der Waals surface area contributed by atoms with E-state index in [-0.39, 0.29) is 0 Å². The van der Waals surface area contributed by atoms with Gasteiger partial charge in [-0.1, -0.05) is 18.1 Å². The van der Waals surface area contributed by atoms with Crippen LogP contribution in [0.4, 0.5) is 0 Å². The number of carbonyl (C=O) groups is 1. The van der Waals surface area contributed by atoms with Crippen molar-refractivity contribution in [3.63, 3.8) is 0 Å². The second-order valence-corrected chi connectivity index (χ2v) is 10.3. The summed E-state index contributed by atoms with van der Waals surface area (Å²) in [4.78, 5) is 18.5. The molecule has 6 rings (SSSR count). The lowest BCUT2D eigenvalue weighted by Gasteiger charge is -2.54. The first kappa shape index (κ1) is 20.3. The monoisotopic (exact) mass is 433 g/mol. The number of aryl methyl sites for hydroxylation is 1. The van der Waals surface area contributed by atoms with Gasteiger partial charge in [0.15, 0.2) is 0 Å². The molecule has 1 aromatic heterocycles. The fourth-order valence-electron chi connectivity index (χ4n) is 7.11. The van der Waals surface area contributed by atoms with Gasteiger partial charge in [0.05, 0.1) is 13.2 Å². The van der Waals surface area contributed by atoms with Crippen LogP contribution in [-0.4, -0.2) is 59.1 Å². The van der Waals surface area contributed by atoms with Crippen molar-refractivity contribution in [3.05, 3.63) is 42.1 Å². The van der Waals surface area contributed by atoms with Crippen LogP contribution in [0.15, 0.2) is 42.1 Å². The molecule has 3 aliphatic heterocycles. The minimum Gasteiger partial charge on any atom is -0.497 e. The molecule has 170 valence electrons. The molecule has 4 atom stereocenters. The van der Waals surface area contributed by atoms with Crippen molar-refractivity contribution in [3.8, 4) is 5.75 Å². The number of likely N-dealkylation sites (tertiary alicyclic amines) is 1. The largest absolute Gasteiger partial charge is 0.497 e. The summed E-state index contributed by atoms with van der Waals surface area (Å²) in [5, 5.41) is 1.16. The summed E-state index contributed by atoms with van der Waals surface area (Å²) in [7, 11) is 1.70. The lowest BCUT2D eigenvalue weighted by atomic mass is 9.68. The quantitative estimate of drug-likeness (QED) is 0.668. The maximum absolute atomic E-state index is 13.5. The Hall–Kier alpha value is -2.27. The van der Waals surface area contributed by atoms with Crippen LogP contribution in [0.5, 0.6) is 5.75 Å². The van der Waals surface area contributed by atoms with Crippen LogP contribution in [0, 0.1) is 11.8 Å². The molecule has 2 aromatic rings. The Morgan fingerprint density at radius 3 is 3.00 bits per heavy atom. The fourth-order valence-corrected chi connectivity index (χ4v) is 7.11. The zero-order valence-corrected chi connectivity index (χ0v) is 19.2. The lowest BCUT2D eigenvalue weighted by Crippen LogP contribution is -2.60. The molecule has 0 spiro atoms. The number of benzene rings is 1. The van der Waals surface area contributed by atoms with E-state index in [9.17, 15) is 4.79 Å². The number of ether oxygens (including phenoxy) is 1. The molecule has 32 heavy (non-hydrogen) atoms. The first-order chi connectivity index (χ1) is 15.7. The fraction of sp³-hybridized carbons (Fsp3) is 0.593. The van der Waals surface area contributed by atoms with Crippen LogP contribution in [0.25, 0.3) is 10.9 Å². The lowest BCUT2D eigenvalue weighted by molar-refractivity contribution is -0.136. The normalized spacial score (nSPS) is 29.9. The first-order valence-corrected chi connectivity index (χ1v) is 12.6. The third-order valence-electron chi connectivity index (χ3n) is 8.52. The molecule has 1 aromatic carbocycles. The SMILES string of the molecule is COc1ccc2c(ccn2CCC(=O)N2CCCC3=C[C@H]4C[C@H](CN5CCCC[C@@H]45)[C@@H]32)c1. The molecule has 5 nitrogen and oxygen atoms in total. The molecular formula is C27H35N3O2. The van der Waals surface area contributed by atoms with E-state index in [4.69, 9.17) is 4.74 Å². The van der Waals surface area contributed by atoms with Crippen molar-refractivity contribution >= 4 is 16.8 Å². The van der Waals surface area contributed by atoms with E-state index in [0.717, 1.165) is 42.6 Å². The summed E-state index contributed by atoms with van der Waals surface area (Å²) >= 11 is 0. The number of rotatable bonds is 4. The molecule has 2 bridgehead atoms. The summed E-state index contributed by atoms with van der Waals surface area (Å²) in [6.07, 6.45) is 13.0. The minimum absolute atomic E-state index is 0.329. The van der Waals surface area contributed by atoms with Crippen molar-refractivity contribution in [2.45, 2.75) is 63.6 Å². The van der Waals surface area contributed by atoms with Gasteiger partial charge < -0.3 is 14.2 Å². The van der Waals surface area contributed by atoms with E-state index in [0.29, 0.717) is 24.3 Å². The van der Waals surface area contributed by atoms with Gasteiger partial charge in [-0.2, -0.15) is 0 Å². The number of nitrogens with zero attached hydrogens (tertiary/aromatic N) is 3. The van der Waals surface area contributed by atoms with Crippen LogP contribution < -0.4 is 4.74 Å². The Balaban J connectivity index is 1.18. The number of fused-ring (bicyclic) bond motifs is 7. The van der Waals surface area contributed by atoms with Crippen LogP contribution in [-0.2, 0) is 11.3 Å². The van der Waals surface area contributed by atoms with E-state index >= 15 is 0 Å². The third-order valence-corrected chi connectivity index (χ3v) is 8.52. The molecule has 3 saturated heterocycles. The maximum Gasteiger partial charge on any atom is 0.224 e. The van der Waals surface area contributed by atoms with Crippen molar-refractivity contribution < 1.29 is 9.53 Å². The zero-order valence-electron chi connectivity index (χ0n) is 19.2. The maximum atomic E-state index is 13.5. The van der Waals surface area contributed by atoms with Gasteiger partial charge in [0.2, 0.25) is 5.91 Å². The summed E-state index contributed by atoms with van der Waals surface area (Å²) in [5.74, 6) is 2.55. The topological polar surface area (TPSA) is 37.7 Å². The predicted octanol–water partition coefficient (Wildman–Crippen LogP) is 4.46. The van der Waals surface area contributed by atoms with E-state index in [1.165, 1.54) is 50.7 Å². The van der Waals surface area contributed by atoms with Gasteiger partial charge in [0.1, 0.15) is 5.75 Å². The summed E-state index contributed by atoms with van der Waals surface area (Å²) in [5.41, 5.74) is 2.75. The average molecular weight is 434 g/mol. The average Bonchev–Trinajstić information content (AvgIpc) is 3.24. The summed E-state index contributed by atoms with van der Waals surface area (Å²) in [6.45, 7) is 4.11. The molecule has 4 aliphatic rings. The van der Waals surface area contributed by atoms with Crippen molar-refractivity contribution in [2.24, 2.45) is 11.8 Å². The number of carbonyl (C=O) groups excluding carboxylic acids is 1. The van der Waals surface area contributed by atoms with Gasteiger partial charge in [-0.25, -0.2) is 0 Å². The number of amides is 1. The van der Waals surface area contributed by atoms with E-state index in [2.05, 4.69) is 44.8 Å². The molecule has 3 fully saturated rings. The Labute approximate surface area is 191 Å². The highest BCUT2D eigenvalue weighted by Gasteiger charge is 2.46. The Kier molecular flexibility index (Phi) is 5.25. The van der Waals surface area contributed by atoms with Gasteiger partial charge >= 0.3 is 0 Å². The van der Waals surface area contributed by atoms with Gasteiger partial charge in [0.25, 0.3) is 0 Å². The molecule has 4 heterocycles. The molecule has 1 aliphatic carbocycles. The van der Waals surface area contributed by atoms with E-state index in [1.807, 2.05) is 6.07 Å². The number of piperidine rings is 3. The van der Waals surface area contributed by atoms with Crippen molar-refractivity contribution in [1.82, 2.24) is 14.4 Å². The second kappa shape index (κ2) is 8.26. The summed E-state index contributed by atoms with van der Waals surface area (Å²) in [6, 6.07) is 9.38. The minimum atomic E-state index is 0.329. The van der Waals surface area contributed by atoms with Crippen LogP contribution >= 0.6 is 0 Å². The number of aromatic nitrogens is 1.